The minimum Gasteiger partial charge on any atom is -0.399 e. The molecule has 0 aromatic heterocycles. The zero-order chi connectivity index (χ0) is 14.6. The van der Waals surface area contributed by atoms with E-state index in [1.165, 1.54) is 6.07 Å². The number of hydrogen-bond donors (Lipinski definition) is 3. The molecule has 0 saturated carbocycles. The Bertz CT molecular complexity index is 512. The van der Waals surface area contributed by atoms with Gasteiger partial charge in [-0.3, -0.25) is 14.4 Å². The fourth-order valence-electron chi connectivity index (χ4n) is 1.57. The molecule has 1 aromatic carbocycles. The number of hydrogen-bond acceptors (Lipinski definition) is 4. The predicted molar refractivity (Wildman–Crippen MR) is 69.9 cm³/mol. The van der Waals surface area contributed by atoms with Gasteiger partial charge in [0.2, 0.25) is 11.8 Å². The lowest BCUT2D eigenvalue weighted by atomic mass is 10.1. The Balaban J connectivity index is 3.00. The molecule has 3 amide bonds. The molecule has 6 N–H and O–H groups in total. The summed E-state index contributed by atoms with van der Waals surface area (Å²) >= 11 is 0. The van der Waals surface area contributed by atoms with Crippen LogP contribution in [0.3, 0.4) is 0 Å². The average molecular weight is 264 g/mol. The summed E-state index contributed by atoms with van der Waals surface area (Å²) in [4.78, 5) is 35.0. The number of carbonyl (C=O) groups excluding carboxylic acids is 3. The van der Waals surface area contributed by atoms with Gasteiger partial charge in [0.25, 0.3) is 5.91 Å². The van der Waals surface area contributed by atoms with E-state index < -0.39 is 17.7 Å². The Labute approximate surface area is 110 Å². The minimum atomic E-state index is -0.721. The van der Waals surface area contributed by atoms with E-state index in [9.17, 15) is 14.4 Å². The van der Waals surface area contributed by atoms with E-state index >= 15 is 0 Å². The zero-order valence-corrected chi connectivity index (χ0v) is 10.6. The molecular formula is C12H16N4O3. The number of rotatable bonds is 5. The first-order valence-corrected chi connectivity index (χ1v) is 5.53. The van der Waals surface area contributed by atoms with E-state index in [4.69, 9.17) is 17.2 Å². The fourth-order valence-corrected chi connectivity index (χ4v) is 1.57. The van der Waals surface area contributed by atoms with Crippen LogP contribution in [0.15, 0.2) is 18.2 Å². The molecule has 0 radical (unpaired) electrons. The van der Waals surface area contributed by atoms with Crippen LogP contribution in [0.2, 0.25) is 0 Å². The molecule has 7 heteroatoms. The molecular weight excluding hydrogens is 248 g/mol. The fraction of sp³-hybridized carbons (Fsp3) is 0.250. The van der Waals surface area contributed by atoms with Crippen LogP contribution < -0.4 is 17.2 Å². The molecule has 0 unspecified atom stereocenters. The standard InChI is InChI=1S/C12H16N4O3/c1-7-4-8(2-3-9(7)13)12(19)16(5-10(14)17)6-11(15)18/h2-4H,5-6,13H2,1H3,(H2,14,17)(H2,15,18). The van der Waals surface area contributed by atoms with E-state index in [1.807, 2.05) is 0 Å². The van der Waals surface area contributed by atoms with Gasteiger partial charge < -0.3 is 22.1 Å². The number of nitrogens with two attached hydrogens (primary N) is 3. The van der Waals surface area contributed by atoms with Crippen LogP contribution in [0.5, 0.6) is 0 Å². The average Bonchev–Trinajstić information content (AvgIpc) is 2.29. The maximum atomic E-state index is 12.1. The maximum absolute atomic E-state index is 12.1. The Morgan fingerprint density at radius 3 is 2.05 bits per heavy atom. The van der Waals surface area contributed by atoms with Crippen molar-refractivity contribution in [2.45, 2.75) is 6.92 Å². The Morgan fingerprint density at radius 1 is 1.11 bits per heavy atom. The van der Waals surface area contributed by atoms with Crippen molar-refractivity contribution >= 4 is 23.4 Å². The molecule has 0 aliphatic rings. The van der Waals surface area contributed by atoms with Crippen molar-refractivity contribution in [3.63, 3.8) is 0 Å². The number of aryl methyl sites for hydroxylation is 1. The van der Waals surface area contributed by atoms with E-state index in [0.29, 0.717) is 11.3 Å². The summed E-state index contributed by atoms with van der Waals surface area (Å²) in [7, 11) is 0. The van der Waals surface area contributed by atoms with E-state index in [2.05, 4.69) is 0 Å². The summed E-state index contributed by atoms with van der Waals surface area (Å²) in [5, 5.41) is 0. The number of nitrogen functional groups attached to an aromatic ring is 1. The Hall–Kier alpha value is -2.57. The van der Waals surface area contributed by atoms with Crippen LogP contribution >= 0.6 is 0 Å². The number of amides is 3. The van der Waals surface area contributed by atoms with Crippen molar-refractivity contribution in [2.24, 2.45) is 11.5 Å². The smallest absolute Gasteiger partial charge is 0.254 e. The molecule has 1 aromatic rings. The lowest BCUT2D eigenvalue weighted by molar-refractivity contribution is -0.121. The van der Waals surface area contributed by atoms with Crippen LogP contribution in [0, 0.1) is 6.92 Å². The van der Waals surface area contributed by atoms with Gasteiger partial charge in [0.1, 0.15) is 13.1 Å². The van der Waals surface area contributed by atoms with Crippen molar-refractivity contribution < 1.29 is 14.4 Å². The Morgan fingerprint density at radius 2 is 1.63 bits per heavy atom. The highest BCUT2D eigenvalue weighted by Crippen LogP contribution is 2.14. The molecule has 19 heavy (non-hydrogen) atoms. The lowest BCUT2D eigenvalue weighted by Gasteiger charge is -2.19. The molecule has 0 atom stereocenters. The molecule has 0 aliphatic carbocycles. The third-order valence-electron chi connectivity index (χ3n) is 2.50. The number of anilines is 1. The van der Waals surface area contributed by atoms with Crippen molar-refractivity contribution in [2.75, 3.05) is 18.8 Å². The van der Waals surface area contributed by atoms with Crippen molar-refractivity contribution in [3.8, 4) is 0 Å². The quantitative estimate of drug-likeness (QED) is 0.587. The van der Waals surface area contributed by atoms with Crippen LogP contribution in [-0.4, -0.2) is 35.7 Å². The third-order valence-corrected chi connectivity index (χ3v) is 2.50. The number of primary amides is 2. The normalized spacial score (nSPS) is 9.95. The SMILES string of the molecule is Cc1cc(C(=O)N(CC(N)=O)CC(N)=O)ccc1N. The molecule has 102 valence electrons. The summed E-state index contributed by atoms with van der Waals surface area (Å²) in [5.41, 5.74) is 17.3. The topological polar surface area (TPSA) is 133 Å². The van der Waals surface area contributed by atoms with Gasteiger partial charge in [-0.15, -0.1) is 0 Å². The summed E-state index contributed by atoms with van der Waals surface area (Å²) in [6, 6.07) is 4.67. The number of benzene rings is 1. The molecule has 7 nitrogen and oxygen atoms in total. The maximum Gasteiger partial charge on any atom is 0.254 e. The summed E-state index contributed by atoms with van der Waals surface area (Å²) < 4.78 is 0. The van der Waals surface area contributed by atoms with Gasteiger partial charge in [-0.1, -0.05) is 0 Å². The molecule has 0 aliphatic heterocycles. The van der Waals surface area contributed by atoms with Crippen LogP contribution in [0.4, 0.5) is 5.69 Å². The molecule has 0 heterocycles. The minimum absolute atomic E-state index is 0.314. The highest BCUT2D eigenvalue weighted by atomic mass is 16.2. The van der Waals surface area contributed by atoms with E-state index in [0.717, 1.165) is 10.5 Å². The second kappa shape index (κ2) is 5.85. The first-order chi connectivity index (χ1) is 8.81. The van der Waals surface area contributed by atoms with Crippen molar-refractivity contribution in [1.29, 1.82) is 0 Å². The summed E-state index contributed by atoms with van der Waals surface area (Å²) in [6.07, 6.45) is 0. The van der Waals surface area contributed by atoms with Crippen LogP contribution in [0.25, 0.3) is 0 Å². The Kier molecular flexibility index (Phi) is 4.46. The zero-order valence-electron chi connectivity index (χ0n) is 10.6. The summed E-state index contributed by atoms with van der Waals surface area (Å²) in [5.74, 6) is -1.94. The van der Waals surface area contributed by atoms with Gasteiger partial charge in [-0.05, 0) is 30.7 Å². The first kappa shape index (κ1) is 14.5. The van der Waals surface area contributed by atoms with Gasteiger partial charge in [-0.25, -0.2) is 0 Å². The van der Waals surface area contributed by atoms with Crippen LogP contribution in [0.1, 0.15) is 15.9 Å². The number of carbonyl (C=O) groups is 3. The molecule has 0 fully saturated rings. The number of nitrogens with zero attached hydrogens (tertiary/aromatic N) is 1. The highest BCUT2D eigenvalue weighted by molar-refractivity contribution is 5.98. The second-order valence-corrected chi connectivity index (χ2v) is 4.17. The van der Waals surface area contributed by atoms with E-state index in [1.54, 1.807) is 19.1 Å². The highest BCUT2D eigenvalue weighted by Gasteiger charge is 2.19. The van der Waals surface area contributed by atoms with Gasteiger partial charge in [-0.2, -0.15) is 0 Å². The first-order valence-electron chi connectivity index (χ1n) is 5.53. The predicted octanol–water partition coefficient (Wildman–Crippen LogP) is -1.01. The van der Waals surface area contributed by atoms with Crippen LogP contribution in [-0.2, 0) is 9.59 Å². The van der Waals surface area contributed by atoms with Crippen molar-refractivity contribution in [1.82, 2.24) is 4.90 Å². The molecule has 1 rings (SSSR count). The van der Waals surface area contributed by atoms with Gasteiger partial charge in [0.15, 0.2) is 0 Å². The van der Waals surface area contributed by atoms with Gasteiger partial charge >= 0.3 is 0 Å². The lowest BCUT2D eigenvalue weighted by Crippen LogP contribution is -2.43. The second-order valence-electron chi connectivity index (χ2n) is 4.17. The molecule has 0 bridgehead atoms. The van der Waals surface area contributed by atoms with Crippen molar-refractivity contribution in [3.05, 3.63) is 29.3 Å². The third kappa shape index (κ3) is 3.98. The largest absolute Gasteiger partial charge is 0.399 e. The van der Waals surface area contributed by atoms with Gasteiger partial charge in [0.05, 0.1) is 0 Å². The summed E-state index contributed by atoms with van der Waals surface area (Å²) in [6.45, 7) is 1.01. The van der Waals surface area contributed by atoms with Gasteiger partial charge in [0, 0.05) is 11.3 Å². The monoisotopic (exact) mass is 264 g/mol. The molecule has 0 spiro atoms. The van der Waals surface area contributed by atoms with E-state index in [-0.39, 0.29) is 13.1 Å². The molecule has 0 saturated heterocycles.